The number of carbonyl (C=O) groups is 4. The van der Waals surface area contributed by atoms with E-state index in [9.17, 15) is 32.7 Å². The Kier molecular flexibility index (Phi) is 7.03. The molecule has 3 amide bonds. The maximum Gasteiger partial charge on any atom is 0.271 e. The fourth-order valence-electron chi connectivity index (χ4n) is 6.36. The van der Waals surface area contributed by atoms with Crippen molar-refractivity contribution >= 4 is 44.2 Å². The Bertz CT molecular complexity index is 1400. The summed E-state index contributed by atoms with van der Waals surface area (Å²) in [7, 11) is -3.53. The summed E-state index contributed by atoms with van der Waals surface area (Å²) in [5.74, 6) is -2.04. The van der Waals surface area contributed by atoms with Gasteiger partial charge in [-0.3, -0.25) is 19.2 Å². The van der Waals surface area contributed by atoms with E-state index in [-0.39, 0.29) is 34.8 Å². The molecule has 204 valence electrons. The normalized spacial score (nSPS) is 25.8. The number of nitrogens with one attached hydrogen (secondary N) is 3. The summed E-state index contributed by atoms with van der Waals surface area (Å²) in [4.78, 5) is 56.6. The summed E-state index contributed by atoms with van der Waals surface area (Å²) in [5.41, 5.74) is 0.680. The molecule has 3 heterocycles. The molecule has 1 saturated carbocycles. The van der Waals surface area contributed by atoms with Crippen LogP contribution in [-0.4, -0.2) is 84.9 Å². The molecule has 3 fully saturated rings. The number of likely N-dealkylation sites (tertiary alicyclic amines) is 1. The molecular weight excluding hydrogens is 512 g/mol. The number of amides is 3. The topological polar surface area (TPSA) is 166 Å². The summed E-state index contributed by atoms with van der Waals surface area (Å²) in [5, 5.41) is 15.4. The van der Waals surface area contributed by atoms with Crippen molar-refractivity contribution in [2.45, 2.75) is 49.1 Å². The van der Waals surface area contributed by atoms with Gasteiger partial charge in [0.15, 0.2) is 15.6 Å². The van der Waals surface area contributed by atoms with Gasteiger partial charge in [0, 0.05) is 36.2 Å². The number of sulfone groups is 1. The van der Waals surface area contributed by atoms with Crippen LogP contribution in [0.15, 0.2) is 29.2 Å². The molecule has 2 aromatic rings. The van der Waals surface area contributed by atoms with E-state index in [2.05, 4.69) is 15.6 Å². The predicted molar refractivity (Wildman–Crippen MR) is 137 cm³/mol. The summed E-state index contributed by atoms with van der Waals surface area (Å²) < 4.78 is 24.5. The van der Waals surface area contributed by atoms with Crippen molar-refractivity contribution in [2.24, 2.45) is 17.8 Å². The molecule has 3 aliphatic rings. The lowest BCUT2D eigenvalue weighted by Crippen LogP contribution is -2.53. The van der Waals surface area contributed by atoms with E-state index in [1.807, 2.05) is 0 Å². The van der Waals surface area contributed by atoms with Crippen molar-refractivity contribution in [3.8, 4) is 0 Å². The van der Waals surface area contributed by atoms with E-state index in [0.717, 1.165) is 25.5 Å². The number of fused-ring (bicyclic) bond motifs is 2. The first-order valence-corrected chi connectivity index (χ1v) is 14.8. The number of hydrogen-bond acceptors (Lipinski definition) is 7. The van der Waals surface area contributed by atoms with Gasteiger partial charge in [-0.05, 0) is 55.7 Å². The highest BCUT2D eigenvalue weighted by Crippen LogP contribution is 2.43. The van der Waals surface area contributed by atoms with Crippen LogP contribution in [0.5, 0.6) is 0 Å². The quantitative estimate of drug-likeness (QED) is 0.373. The van der Waals surface area contributed by atoms with Crippen molar-refractivity contribution in [1.29, 1.82) is 0 Å². The number of ketones is 1. The minimum Gasteiger partial charge on any atom is -0.389 e. The van der Waals surface area contributed by atoms with Gasteiger partial charge in [0.1, 0.15) is 18.3 Å². The van der Waals surface area contributed by atoms with E-state index in [0.29, 0.717) is 30.4 Å². The number of rotatable bonds is 8. The third-order valence-corrected chi connectivity index (χ3v) is 9.37. The third-order valence-electron chi connectivity index (χ3n) is 8.22. The molecule has 2 aliphatic heterocycles. The number of hydrogen-bond donors (Lipinski definition) is 4. The molecule has 0 bridgehead atoms. The van der Waals surface area contributed by atoms with E-state index < -0.39 is 52.0 Å². The Morgan fingerprint density at radius 1 is 1.21 bits per heavy atom. The van der Waals surface area contributed by atoms with Gasteiger partial charge in [-0.2, -0.15) is 0 Å². The molecule has 5 atom stereocenters. The average Bonchev–Trinajstić information content (AvgIpc) is 3.65. The van der Waals surface area contributed by atoms with Gasteiger partial charge in [0.05, 0.1) is 10.9 Å². The van der Waals surface area contributed by atoms with Crippen LogP contribution < -0.4 is 10.6 Å². The number of H-pyrrole nitrogens is 1. The molecule has 1 aliphatic carbocycles. The van der Waals surface area contributed by atoms with Crippen LogP contribution in [0.25, 0.3) is 10.9 Å². The monoisotopic (exact) mass is 544 g/mol. The molecule has 1 aromatic carbocycles. The lowest BCUT2D eigenvalue weighted by Gasteiger charge is -2.29. The van der Waals surface area contributed by atoms with Crippen molar-refractivity contribution < 1.29 is 32.7 Å². The first-order chi connectivity index (χ1) is 18.1. The third kappa shape index (κ3) is 4.82. The maximum absolute atomic E-state index is 13.7. The fraction of sp³-hybridized carbons (Fsp3) is 0.538. The van der Waals surface area contributed by atoms with Crippen LogP contribution >= 0.6 is 0 Å². The molecule has 5 rings (SSSR count). The molecule has 4 N–H and O–H groups in total. The number of carbonyl (C=O) groups excluding carboxylic acids is 4. The van der Waals surface area contributed by atoms with Crippen LogP contribution in [-0.2, 0) is 24.2 Å². The van der Waals surface area contributed by atoms with Crippen LogP contribution in [0.3, 0.4) is 0 Å². The number of aliphatic hydroxyl groups is 1. The molecule has 11 nitrogen and oxygen atoms in total. The minimum absolute atomic E-state index is 0.0745. The largest absolute Gasteiger partial charge is 0.389 e. The van der Waals surface area contributed by atoms with Crippen molar-refractivity contribution in [1.82, 2.24) is 20.5 Å². The number of nitrogens with zero attached hydrogens (tertiary/aromatic N) is 1. The number of Topliss-reactive ketones (excluding diaryl/α,β-unsaturated/α-hetero) is 1. The predicted octanol–water partition coefficient (Wildman–Crippen LogP) is 0.385. The van der Waals surface area contributed by atoms with Crippen LogP contribution in [0.4, 0.5) is 0 Å². The standard InChI is InChI=1S/C26H32N4O7S/c1-38(36,37)22-7-3-6-18-17(22)11-20(28-18)26(35)30-12-15-4-2-5-16(15)23(30)25(34)29-19(21(32)13-31)10-14-8-9-27-24(14)33/h3,6-7,11,14-16,19,23,28,31H,2,4-5,8-10,12-13H2,1H3,(H,27,33)(H,29,34)/t14-,15-,16-,19-,23-/m0/s1. The molecular formula is C26H32N4O7S. The second kappa shape index (κ2) is 10.1. The van der Waals surface area contributed by atoms with Crippen molar-refractivity contribution in [2.75, 3.05) is 26.0 Å². The Hall–Kier alpha value is -3.25. The smallest absolute Gasteiger partial charge is 0.271 e. The molecule has 1 aromatic heterocycles. The van der Waals surface area contributed by atoms with Crippen LogP contribution in [0, 0.1) is 17.8 Å². The summed E-state index contributed by atoms with van der Waals surface area (Å²) in [6.07, 6.45) is 4.32. The van der Waals surface area contributed by atoms with E-state index >= 15 is 0 Å². The summed E-state index contributed by atoms with van der Waals surface area (Å²) in [6.45, 7) is 0.105. The van der Waals surface area contributed by atoms with Gasteiger partial charge in [-0.15, -0.1) is 0 Å². The summed E-state index contributed by atoms with van der Waals surface area (Å²) >= 11 is 0. The Balaban J connectivity index is 1.42. The van der Waals surface area contributed by atoms with Crippen LogP contribution in [0.1, 0.15) is 42.6 Å². The highest BCUT2D eigenvalue weighted by Gasteiger charge is 2.50. The molecule has 12 heteroatoms. The zero-order valence-electron chi connectivity index (χ0n) is 21.1. The average molecular weight is 545 g/mol. The molecule has 0 spiro atoms. The Morgan fingerprint density at radius 3 is 2.68 bits per heavy atom. The molecule has 0 radical (unpaired) electrons. The van der Waals surface area contributed by atoms with Gasteiger partial charge in [-0.1, -0.05) is 12.5 Å². The number of aromatic nitrogens is 1. The van der Waals surface area contributed by atoms with Gasteiger partial charge < -0.3 is 25.6 Å². The summed E-state index contributed by atoms with van der Waals surface area (Å²) in [6, 6.07) is 4.43. The van der Waals surface area contributed by atoms with Gasteiger partial charge in [0.2, 0.25) is 11.8 Å². The highest BCUT2D eigenvalue weighted by molar-refractivity contribution is 7.91. The lowest BCUT2D eigenvalue weighted by molar-refractivity contribution is -0.133. The number of benzene rings is 1. The van der Waals surface area contributed by atoms with Gasteiger partial charge in [0.25, 0.3) is 5.91 Å². The van der Waals surface area contributed by atoms with Crippen molar-refractivity contribution in [3.05, 3.63) is 30.0 Å². The lowest BCUT2D eigenvalue weighted by atomic mass is 9.92. The Labute approximate surface area is 220 Å². The number of aliphatic hydroxyl groups excluding tert-OH is 1. The zero-order chi connectivity index (χ0) is 27.2. The molecule has 38 heavy (non-hydrogen) atoms. The molecule has 0 unspecified atom stereocenters. The number of aromatic amines is 1. The fourth-order valence-corrected chi connectivity index (χ4v) is 7.26. The molecule has 2 saturated heterocycles. The maximum atomic E-state index is 13.7. The first kappa shape index (κ1) is 26.4. The van der Waals surface area contributed by atoms with Gasteiger partial charge >= 0.3 is 0 Å². The Morgan fingerprint density at radius 2 is 2.00 bits per heavy atom. The van der Waals surface area contributed by atoms with Crippen molar-refractivity contribution in [3.63, 3.8) is 0 Å². The first-order valence-electron chi connectivity index (χ1n) is 12.9. The minimum atomic E-state index is -3.53. The second-order valence-corrected chi connectivity index (χ2v) is 12.6. The van der Waals surface area contributed by atoms with Crippen LogP contribution in [0.2, 0.25) is 0 Å². The zero-order valence-corrected chi connectivity index (χ0v) is 21.9. The van der Waals surface area contributed by atoms with E-state index in [1.54, 1.807) is 12.1 Å². The second-order valence-electron chi connectivity index (χ2n) is 10.6. The van der Waals surface area contributed by atoms with E-state index in [1.165, 1.54) is 17.0 Å². The SMILES string of the molecule is CS(=O)(=O)c1cccc2[nH]c(C(=O)N3C[C@@H]4CCC[C@@H]4[C@H]3C(=O)N[C@@H](C[C@@H]3CCNC3=O)C(=O)CO)cc12. The van der Waals surface area contributed by atoms with E-state index in [4.69, 9.17) is 0 Å². The highest BCUT2D eigenvalue weighted by atomic mass is 32.2. The van der Waals surface area contributed by atoms with Gasteiger partial charge in [-0.25, -0.2) is 8.42 Å².